The second-order valence-corrected chi connectivity index (χ2v) is 3.88. The van der Waals surface area contributed by atoms with Crippen LogP contribution in [0.1, 0.15) is 52.9 Å². The van der Waals surface area contributed by atoms with Gasteiger partial charge in [0.1, 0.15) is 0 Å². The first-order valence-corrected chi connectivity index (χ1v) is 5.48. The van der Waals surface area contributed by atoms with Crippen molar-refractivity contribution in [3.05, 3.63) is 0 Å². The van der Waals surface area contributed by atoms with Gasteiger partial charge in [0, 0.05) is 0 Å². The van der Waals surface area contributed by atoms with Crippen LogP contribution in [-0.2, 0) is 4.74 Å². The molecule has 0 radical (unpaired) electrons. The Morgan fingerprint density at radius 3 is 2.00 bits per heavy atom. The first kappa shape index (κ1) is 10.0. The topological polar surface area (TPSA) is 12.5 Å². The first-order valence-electron chi connectivity index (χ1n) is 5.48. The molecule has 1 heterocycles. The fourth-order valence-electron chi connectivity index (χ4n) is 2.11. The van der Waals surface area contributed by atoms with Gasteiger partial charge in [0.2, 0.25) is 0 Å². The molecule has 0 bridgehead atoms. The molecule has 2 atom stereocenters. The standard InChI is InChI=1S/C11H22O/c1-4-7-9(8-5-2)11-10(6-3)12-11/h9-11H,4-8H2,1-3H3. The highest BCUT2D eigenvalue weighted by atomic mass is 16.6. The molecule has 72 valence electrons. The Morgan fingerprint density at radius 2 is 1.67 bits per heavy atom. The predicted molar refractivity (Wildman–Crippen MR) is 52.3 cm³/mol. The zero-order valence-corrected chi connectivity index (χ0v) is 8.68. The van der Waals surface area contributed by atoms with Gasteiger partial charge in [-0.05, 0) is 25.2 Å². The van der Waals surface area contributed by atoms with Crippen molar-refractivity contribution in [2.24, 2.45) is 5.92 Å². The van der Waals surface area contributed by atoms with Crippen LogP contribution in [0, 0.1) is 5.92 Å². The van der Waals surface area contributed by atoms with Crippen molar-refractivity contribution in [3.8, 4) is 0 Å². The summed E-state index contributed by atoms with van der Waals surface area (Å²) in [5.74, 6) is 0.852. The molecule has 0 spiro atoms. The van der Waals surface area contributed by atoms with Crippen LogP contribution >= 0.6 is 0 Å². The molecule has 1 aliphatic rings. The Bertz CT molecular complexity index is 116. The van der Waals surface area contributed by atoms with E-state index in [0.717, 1.165) is 5.92 Å². The van der Waals surface area contributed by atoms with Crippen molar-refractivity contribution >= 4 is 0 Å². The van der Waals surface area contributed by atoms with E-state index in [1.807, 2.05) is 0 Å². The van der Waals surface area contributed by atoms with E-state index in [1.165, 1.54) is 32.1 Å². The van der Waals surface area contributed by atoms with Gasteiger partial charge in [-0.25, -0.2) is 0 Å². The minimum Gasteiger partial charge on any atom is -0.369 e. The summed E-state index contributed by atoms with van der Waals surface area (Å²) in [6.07, 6.45) is 7.75. The van der Waals surface area contributed by atoms with Gasteiger partial charge in [0.05, 0.1) is 12.2 Å². The van der Waals surface area contributed by atoms with Crippen molar-refractivity contribution in [3.63, 3.8) is 0 Å². The van der Waals surface area contributed by atoms with E-state index in [2.05, 4.69) is 20.8 Å². The van der Waals surface area contributed by atoms with E-state index in [1.54, 1.807) is 0 Å². The molecule has 0 aromatic rings. The number of rotatable bonds is 6. The molecule has 1 nitrogen and oxygen atoms in total. The fraction of sp³-hybridized carbons (Fsp3) is 1.00. The Balaban J connectivity index is 2.24. The van der Waals surface area contributed by atoms with Gasteiger partial charge in [-0.2, -0.15) is 0 Å². The van der Waals surface area contributed by atoms with Crippen LogP contribution in [0.5, 0.6) is 0 Å². The van der Waals surface area contributed by atoms with E-state index < -0.39 is 0 Å². The van der Waals surface area contributed by atoms with Crippen molar-refractivity contribution in [2.75, 3.05) is 0 Å². The second-order valence-electron chi connectivity index (χ2n) is 3.88. The number of ether oxygens (including phenoxy) is 1. The van der Waals surface area contributed by atoms with Crippen molar-refractivity contribution < 1.29 is 4.74 Å². The van der Waals surface area contributed by atoms with Gasteiger partial charge in [0.15, 0.2) is 0 Å². The van der Waals surface area contributed by atoms with E-state index in [0.29, 0.717) is 12.2 Å². The molecule has 1 saturated heterocycles. The van der Waals surface area contributed by atoms with Crippen LogP contribution in [-0.4, -0.2) is 12.2 Å². The lowest BCUT2D eigenvalue weighted by Gasteiger charge is -2.11. The predicted octanol–water partition coefficient (Wildman–Crippen LogP) is 3.38. The van der Waals surface area contributed by atoms with Crippen molar-refractivity contribution in [1.29, 1.82) is 0 Å². The average Bonchev–Trinajstić information content (AvgIpc) is 2.83. The molecule has 1 fully saturated rings. The number of hydrogen-bond acceptors (Lipinski definition) is 1. The Hall–Kier alpha value is -0.0400. The number of hydrogen-bond donors (Lipinski definition) is 0. The summed E-state index contributed by atoms with van der Waals surface area (Å²) in [4.78, 5) is 0. The summed E-state index contributed by atoms with van der Waals surface area (Å²) in [6, 6.07) is 0. The molecule has 1 aliphatic heterocycles. The molecule has 0 aliphatic carbocycles. The van der Waals surface area contributed by atoms with Gasteiger partial charge in [-0.3, -0.25) is 0 Å². The van der Waals surface area contributed by atoms with Crippen LogP contribution < -0.4 is 0 Å². The van der Waals surface area contributed by atoms with Crippen LogP contribution in [0.25, 0.3) is 0 Å². The molecule has 0 amide bonds. The maximum absolute atomic E-state index is 5.63. The van der Waals surface area contributed by atoms with Gasteiger partial charge < -0.3 is 4.74 Å². The van der Waals surface area contributed by atoms with Crippen LogP contribution in [0.4, 0.5) is 0 Å². The molecule has 0 aromatic carbocycles. The van der Waals surface area contributed by atoms with Crippen molar-refractivity contribution in [1.82, 2.24) is 0 Å². The molecule has 12 heavy (non-hydrogen) atoms. The van der Waals surface area contributed by atoms with E-state index in [4.69, 9.17) is 4.74 Å². The highest BCUT2D eigenvalue weighted by molar-refractivity contribution is 4.89. The van der Waals surface area contributed by atoms with Gasteiger partial charge in [-0.15, -0.1) is 0 Å². The summed E-state index contributed by atoms with van der Waals surface area (Å²) in [5.41, 5.74) is 0. The molecule has 0 N–H and O–H groups in total. The molecule has 1 heteroatoms. The summed E-state index contributed by atoms with van der Waals surface area (Å²) < 4.78 is 5.63. The van der Waals surface area contributed by atoms with Gasteiger partial charge >= 0.3 is 0 Å². The van der Waals surface area contributed by atoms with Gasteiger partial charge in [0.25, 0.3) is 0 Å². The second kappa shape index (κ2) is 4.86. The molecule has 1 rings (SSSR count). The maximum Gasteiger partial charge on any atom is 0.0869 e. The zero-order valence-electron chi connectivity index (χ0n) is 8.68. The molecule has 0 aromatic heterocycles. The smallest absolute Gasteiger partial charge is 0.0869 e. The van der Waals surface area contributed by atoms with Crippen molar-refractivity contribution in [2.45, 2.75) is 65.1 Å². The van der Waals surface area contributed by atoms with E-state index in [9.17, 15) is 0 Å². The van der Waals surface area contributed by atoms with Crippen LogP contribution in [0.3, 0.4) is 0 Å². The highest BCUT2D eigenvalue weighted by Crippen LogP contribution is 2.36. The SMILES string of the molecule is CCCC(CCC)C1OC1CC. The fourth-order valence-corrected chi connectivity index (χ4v) is 2.11. The summed E-state index contributed by atoms with van der Waals surface area (Å²) >= 11 is 0. The lowest BCUT2D eigenvalue weighted by Crippen LogP contribution is -2.10. The Morgan fingerprint density at radius 1 is 1.08 bits per heavy atom. The lowest BCUT2D eigenvalue weighted by molar-refractivity contribution is 0.290. The molecule has 2 unspecified atom stereocenters. The largest absolute Gasteiger partial charge is 0.369 e. The maximum atomic E-state index is 5.63. The normalized spacial score (nSPS) is 28.0. The summed E-state index contributed by atoms with van der Waals surface area (Å²) in [7, 11) is 0. The Kier molecular flexibility index (Phi) is 4.07. The monoisotopic (exact) mass is 170 g/mol. The minimum atomic E-state index is 0.605. The third-order valence-electron chi connectivity index (χ3n) is 2.81. The molecule has 0 saturated carbocycles. The van der Waals surface area contributed by atoms with E-state index in [-0.39, 0.29) is 0 Å². The van der Waals surface area contributed by atoms with Crippen LogP contribution in [0.2, 0.25) is 0 Å². The van der Waals surface area contributed by atoms with E-state index >= 15 is 0 Å². The summed E-state index contributed by atoms with van der Waals surface area (Å²) in [5, 5.41) is 0. The molecular formula is C11H22O. The lowest BCUT2D eigenvalue weighted by atomic mass is 9.93. The first-order chi connectivity index (χ1) is 5.83. The third-order valence-corrected chi connectivity index (χ3v) is 2.81. The number of epoxide rings is 1. The van der Waals surface area contributed by atoms with Gasteiger partial charge in [-0.1, -0.05) is 33.6 Å². The zero-order chi connectivity index (χ0) is 8.97. The summed E-state index contributed by atoms with van der Waals surface area (Å²) in [6.45, 7) is 6.76. The minimum absolute atomic E-state index is 0.605. The average molecular weight is 170 g/mol. The van der Waals surface area contributed by atoms with Crippen LogP contribution in [0.15, 0.2) is 0 Å². The quantitative estimate of drug-likeness (QED) is 0.557. The Labute approximate surface area is 76.5 Å². The highest BCUT2D eigenvalue weighted by Gasteiger charge is 2.41. The molecular weight excluding hydrogens is 148 g/mol. The third kappa shape index (κ3) is 2.48.